The van der Waals surface area contributed by atoms with Crippen LogP contribution in [0.3, 0.4) is 0 Å². The Morgan fingerprint density at radius 2 is 2.12 bits per heavy atom. The van der Waals surface area contributed by atoms with Crippen molar-refractivity contribution in [2.75, 3.05) is 11.4 Å². The number of benzene rings is 1. The summed E-state index contributed by atoms with van der Waals surface area (Å²) >= 11 is 0. The fraction of sp³-hybridized carbons (Fsp3) is 0.222. The SMILES string of the molecule is C=C(C=C1Oc2ccccc2N1CC)c1c(OC(C)=O)[nH]n(C)c1=O. The molecule has 0 aliphatic carbocycles. The minimum absolute atomic E-state index is 0.0698. The van der Waals surface area contributed by atoms with Crippen LogP contribution in [0.15, 0.2) is 47.6 Å². The molecule has 0 bridgehead atoms. The van der Waals surface area contributed by atoms with Crippen LogP contribution in [0.4, 0.5) is 5.69 Å². The van der Waals surface area contributed by atoms with Gasteiger partial charge in [0.25, 0.3) is 5.56 Å². The lowest BCUT2D eigenvalue weighted by molar-refractivity contribution is -0.132. The number of esters is 1. The highest BCUT2D eigenvalue weighted by Crippen LogP contribution is 2.39. The fourth-order valence-electron chi connectivity index (χ4n) is 2.73. The Hall–Kier alpha value is -3.22. The van der Waals surface area contributed by atoms with Crippen LogP contribution in [-0.4, -0.2) is 22.3 Å². The zero-order valence-corrected chi connectivity index (χ0v) is 14.3. The van der Waals surface area contributed by atoms with Gasteiger partial charge in [0.15, 0.2) is 5.75 Å². The Kier molecular flexibility index (Phi) is 4.22. The first-order valence-corrected chi connectivity index (χ1v) is 7.85. The number of hydrogen-bond donors (Lipinski definition) is 1. The number of aryl methyl sites for hydroxylation is 1. The summed E-state index contributed by atoms with van der Waals surface area (Å²) in [6.07, 6.45) is 1.67. The second kappa shape index (κ2) is 6.35. The maximum Gasteiger partial charge on any atom is 0.309 e. The van der Waals surface area contributed by atoms with Gasteiger partial charge in [0, 0.05) is 26.6 Å². The van der Waals surface area contributed by atoms with Crippen LogP contribution in [0.5, 0.6) is 11.6 Å². The molecule has 1 N–H and O–H groups in total. The molecule has 7 heteroatoms. The minimum Gasteiger partial charge on any atom is -0.439 e. The average molecular weight is 341 g/mol. The maximum absolute atomic E-state index is 12.4. The number of fused-ring (bicyclic) bond motifs is 1. The van der Waals surface area contributed by atoms with Gasteiger partial charge in [-0.25, -0.2) is 0 Å². The van der Waals surface area contributed by atoms with Crippen molar-refractivity contribution in [3.63, 3.8) is 0 Å². The molecule has 2 heterocycles. The van der Waals surface area contributed by atoms with E-state index in [0.717, 1.165) is 11.4 Å². The molecule has 0 spiro atoms. The number of nitrogens with one attached hydrogen (secondary N) is 1. The van der Waals surface area contributed by atoms with Crippen molar-refractivity contribution >= 4 is 17.2 Å². The summed E-state index contributed by atoms with van der Waals surface area (Å²) in [6.45, 7) is 7.92. The molecule has 7 nitrogen and oxygen atoms in total. The van der Waals surface area contributed by atoms with Gasteiger partial charge in [-0.1, -0.05) is 18.7 Å². The van der Waals surface area contributed by atoms with E-state index in [1.165, 1.54) is 11.6 Å². The average Bonchev–Trinajstić information content (AvgIpc) is 3.03. The fourth-order valence-corrected chi connectivity index (χ4v) is 2.73. The van der Waals surface area contributed by atoms with Crippen LogP contribution < -0.4 is 19.9 Å². The van der Waals surface area contributed by atoms with Crippen LogP contribution in [0.2, 0.25) is 0 Å². The van der Waals surface area contributed by atoms with E-state index in [4.69, 9.17) is 9.47 Å². The lowest BCUT2D eigenvalue weighted by atomic mass is 10.1. The van der Waals surface area contributed by atoms with Crippen LogP contribution in [0, 0.1) is 0 Å². The first-order chi connectivity index (χ1) is 11.9. The standard InChI is InChI=1S/C18H19N3O4/c1-5-21-13-8-6-7-9-14(13)25-15(21)10-11(2)16-17(24-12(3)22)19-20(4)18(16)23/h6-10,19H,2,5H2,1,3-4H3. The van der Waals surface area contributed by atoms with Crippen LogP contribution in [-0.2, 0) is 11.8 Å². The quantitative estimate of drug-likeness (QED) is 0.864. The molecule has 0 radical (unpaired) electrons. The molecular formula is C18H19N3O4. The van der Waals surface area contributed by atoms with Crippen molar-refractivity contribution in [1.82, 2.24) is 9.78 Å². The largest absolute Gasteiger partial charge is 0.439 e. The van der Waals surface area contributed by atoms with Gasteiger partial charge in [-0.3, -0.25) is 19.4 Å². The summed E-state index contributed by atoms with van der Waals surface area (Å²) in [5.74, 6) is 0.847. The molecule has 1 aromatic heterocycles. The third kappa shape index (κ3) is 2.96. The number of aromatic nitrogens is 2. The van der Waals surface area contributed by atoms with Crippen molar-refractivity contribution in [1.29, 1.82) is 0 Å². The monoisotopic (exact) mass is 341 g/mol. The molecule has 0 saturated carbocycles. The molecule has 1 aliphatic rings. The summed E-state index contributed by atoms with van der Waals surface area (Å²) in [5.41, 5.74) is 1.20. The van der Waals surface area contributed by atoms with Gasteiger partial charge in [0.05, 0.1) is 5.69 Å². The Morgan fingerprint density at radius 1 is 1.40 bits per heavy atom. The molecule has 0 saturated heterocycles. The van der Waals surface area contributed by atoms with Crippen LogP contribution in [0.1, 0.15) is 19.4 Å². The summed E-state index contributed by atoms with van der Waals surface area (Å²) in [6, 6.07) is 7.66. The molecule has 3 rings (SSSR count). The molecule has 1 aromatic carbocycles. The van der Waals surface area contributed by atoms with Crippen molar-refractivity contribution < 1.29 is 14.3 Å². The third-order valence-electron chi connectivity index (χ3n) is 3.83. The van der Waals surface area contributed by atoms with Gasteiger partial charge in [-0.15, -0.1) is 0 Å². The van der Waals surface area contributed by atoms with E-state index in [9.17, 15) is 9.59 Å². The van der Waals surface area contributed by atoms with Crippen molar-refractivity contribution in [3.05, 3.63) is 58.7 Å². The van der Waals surface area contributed by atoms with E-state index in [0.29, 0.717) is 18.0 Å². The highest BCUT2D eigenvalue weighted by Gasteiger charge is 2.26. The first kappa shape index (κ1) is 16.6. The van der Waals surface area contributed by atoms with Gasteiger partial charge in [0.2, 0.25) is 11.8 Å². The number of ether oxygens (including phenoxy) is 2. The molecule has 1 aliphatic heterocycles. The van der Waals surface area contributed by atoms with E-state index < -0.39 is 5.97 Å². The topological polar surface area (TPSA) is 76.6 Å². The van der Waals surface area contributed by atoms with Gasteiger partial charge in [-0.2, -0.15) is 0 Å². The van der Waals surface area contributed by atoms with Crippen molar-refractivity contribution in [3.8, 4) is 11.6 Å². The normalized spacial score (nSPS) is 14.4. The Balaban J connectivity index is 1.99. The number of allylic oxidation sites excluding steroid dienone is 2. The van der Waals surface area contributed by atoms with Crippen molar-refractivity contribution in [2.45, 2.75) is 13.8 Å². The number of rotatable bonds is 4. The number of nitrogens with zero attached hydrogens (tertiary/aromatic N) is 2. The molecular weight excluding hydrogens is 322 g/mol. The Labute approximate surface area is 144 Å². The molecule has 0 fully saturated rings. The zero-order chi connectivity index (χ0) is 18.1. The first-order valence-electron chi connectivity index (χ1n) is 7.85. The van der Waals surface area contributed by atoms with E-state index in [1.807, 2.05) is 36.1 Å². The number of H-pyrrole nitrogens is 1. The van der Waals surface area contributed by atoms with E-state index in [-0.39, 0.29) is 17.0 Å². The number of carbonyl (C=O) groups is 1. The van der Waals surface area contributed by atoms with Gasteiger partial charge in [0.1, 0.15) is 5.56 Å². The molecule has 25 heavy (non-hydrogen) atoms. The molecule has 0 unspecified atom stereocenters. The smallest absolute Gasteiger partial charge is 0.309 e. The third-order valence-corrected chi connectivity index (χ3v) is 3.83. The molecule has 130 valence electrons. The summed E-state index contributed by atoms with van der Waals surface area (Å²) in [5, 5.41) is 2.71. The van der Waals surface area contributed by atoms with E-state index in [2.05, 4.69) is 11.7 Å². The predicted molar refractivity (Wildman–Crippen MR) is 94.5 cm³/mol. The second-order valence-electron chi connectivity index (χ2n) is 5.60. The summed E-state index contributed by atoms with van der Waals surface area (Å²) < 4.78 is 12.2. The summed E-state index contributed by atoms with van der Waals surface area (Å²) in [7, 11) is 1.54. The number of anilines is 1. The van der Waals surface area contributed by atoms with Gasteiger partial charge >= 0.3 is 5.97 Å². The van der Waals surface area contributed by atoms with Crippen LogP contribution in [0.25, 0.3) is 5.57 Å². The number of hydrogen-bond acceptors (Lipinski definition) is 5. The van der Waals surface area contributed by atoms with E-state index in [1.54, 1.807) is 13.1 Å². The number of carbonyl (C=O) groups excluding carboxylic acids is 1. The Bertz CT molecular complexity index is 936. The second-order valence-corrected chi connectivity index (χ2v) is 5.60. The summed E-state index contributed by atoms with van der Waals surface area (Å²) in [4.78, 5) is 25.6. The predicted octanol–water partition coefficient (Wildman–Crippen LogP) is 2.41. The lowest BCUT2D eigenvalue weighted by Gasteiger charge is -2.15. The lowest BCUT2D eigenvalue weighted by Crippen LogP contribution is -2.20. The molecule has 0 amide bonds. The van der Waals surface area contributed by atoms with Gasteiger partial charge < -0.3 is 14.4 Å². The minimum atomic E-state index is -0.525. The number of para-hydroxylation sites is 2. The zero-order valence-electron chi connectivity index (χ0n) is 14.3. The van der Waals surface area contributed by atoms with E-state index >= 15 is 0 Å². The molecule has 0 atom stereocenters. The van der Waals surface area contributed by atoms with Crippen LogP contribution >= 0.6 is 0 Å². The van der Waals surface area contributed by atoms with Gasteiger partial charge in [-0.05, 0) is 24.6 Å². The highest BCUT2D eigenvalue weighted by molar-refractivity contribution is 5.79. The molecule has 2 aromatic rings. The Morgan fingerprint density at radius 3 is 2.80 bits per heavy atom. The number of aromatic amines is 1. The van der Waals surface area contributed by atoms with Crippen molar-refractivity contribution in [2.24, 2.45) is 7.05 Å². The highest BCUT2D eigenvalue weighted by atomic mass is 16.5. The maximum atomic E-state index is 12.4.